The third-order valence-electron chi connectivity index (χ3n) is 1.57. The molecular weight excluding hydrogens is 168 g/mol. The molecule has 0 amide bonds. The maximum Gasteiger partial charge on any atom is 0.303 e. The van der Waals surface area contributed by atoms with Crippen molar-refractivity contribution in [2.24, 2.45) is 0 Å². The van der Waals surface area contributed by atoms with E-state index in [2.05, 4.69) is 11.8 Å². The van der Waals surface area contributed by atoms with Gasteiger partial charge in [0, 0.05) is 19.3 Å². The van der Waals surface area contributed by atoms with Crippen molar-refractivity contribution < 1.29 is 15.0 Å². The number of hydrogen-bond acceptors (Lipinski definition) is 2. The lowest BCUT2D eigenvalue weighted by Crippen LogP contribution is -2.06. The highest BCUT2D eigenvalue weighted by Gasteiger charge is 2.03. The van der Waals surface area contributed by atoms with E-state index < -0.39 is 12.1 Å². The van der Waals surface area contributed by atoms with Crippen molar-refractivity contribution in [3.05, 3.63) is 0 Å². The lowest BCUT2D eigenvalue weighted by molar-refractivity contribution is -0.137. The van der Waals surface area contributed by atoms with Gasteiger partial charge in [-0.2, -0.15) is 0 Å². The highest BCUT2D eigenvalue weighted by atomic mass is 16.4. The predicted molar refractivity (Wildman–Crippen MR) is 50.2 cm³/mol. The molecule has 3 nitrogen and oxygen atoms in total. The predicted octanol–water partition coefficient (Wildman–Crippen LogP) is 1.41. The lowest BCUT2D eigenvalue weighted by Gasteiger charge is -2.04. The third kappa shape index (κ3) is 8.90. The zero-order valence-corrected chi connectivity index (χ0v) is 7.92. The summed E-state index contributed by atoms with van der Waals surface area (Å²) in [5.74, 6) is 4.86. The molecule has 0 aliphatic heterocycles. The first-order chi connectivity index (χ1) is 6.16. The van der Waals surface area contributed by atoms with Gasteiger partial charge in [0.25, 0.3) is 0 Å². The van der Waals surface area contributed by atoms with E-state index in [0.717, 1.165) is 6.42 Å². The second-order valence-electron chi connectivity index (χ2n) is 2.85. The molecule has 0 bridgehead atoms. The normalized spacial score (nSPS) is 11.5. The number of aliphatic hydroxyl groups is 1. The highest BCUT2D eigenvalue weighted by molar-refractivity contribution is 5.66. The Hall–Kier alpha value is -1.01. The molecule has 0 spiro atoms. The molecule has 0 saturated carbocycles. The van der Waals surface area contributed by atoms with Gasteiger partial charge in [-0.15, -0.1) is 11.8 Å². The summed E-state index contributed by atoms with van der Waals surface area (Å²) in [4.78, 5) is 10.1. The van der Waals surface area contributed by atoms with Crippen LogP contribution in [0.2, 0.25) is 0 Å². The van der Waals surface area contributed by atoms with Crippen LogP contribution in [0.3, 0.4) is 0 Å². The van der Waals surface area contributed by atoms with Gasteiger partial charge in [0.2, 0.25) is 0 Å². The molecule has 0 aliphatic rings. The van der Waals surface area contributed by atoms with E-state index in [-0.39, 0.29) is 6.42 Å². The largest absolute Gasteiger partial charge is 0.481 e. The van der Waals surface area contributed by atoms with E-state index >= 15 is 0 Å². The monoisotopic (exact) mass is 184 g/mol. The SMILES string of the molecule is CCC#CCC(O)CCCC(=O)O. The Morgan fingerprint density at radius 2 is 2.15 bits per heavy atom. The fourth-order valence-electron chi connectivity index (χ4n) is 0.906. The molecule has 0 fully saturated rings. The Morgan fingerprint density at radius 3 is 2.69 bits per heavy atom. The molecule has 74 valence electrons. The molecule has 0 rings (SSSR count). The highest BCUT2D eigenvalue weighted by Crippen LogP contribution is 2.03. The third-order valence-corrected chi connectivity index (χ3v) is 1.57. The molecule has 0 radical (unpaired) electrons. The van der Waals surface area contributed by atoms with Gasteiger partial charge < -0.3 is 10.2 Å². The van der Waals surface area contributed by atoms with Gasteiger partial charge in [-0.3, -0.25) is 4.79 Å². The summed E-state index contributed by atoms with van der Waals surface area (Å²) in [5.41, 5.74) is 0. The Labute approximate surface area is 78.8 Å². The molecule has 1 unspecified atom stereocenters. The summed E-state index contributed by atoms with van der Waals surface area (Å²) < 4.78 is 0. The number of aliphatic carboxylic acids is 1. The van der Waals surface area contributed by atoms with Gasteiger partial charge in [-0.05, 0) is 12.8 Å². The van der Waals surface area contributed by atoms with Crippen molar-refractivity contribution in [2.45, 2.75) is 45.1 Å². The van der Waals surface area contributed by atoms with Crippen LogP contribution in [0.25, 0.3) is 0 Å². The molecule has 0 aromatic rings. The lowest BCUT2D eigenvalue weighted by atomic mass is 10.1. The Kier molecular flexibility index (Phi) is 7.04. The first-order valence-electron chi connectivity index (χ1n) is 4.52. The average Bonchev–Trinajstić information content (AvgIpc) is 2.04. The molecule has 0 heterocycles. The second kappa shape index (κ2) is 7.63. The fraction of sp³-hybridized carbons (Fsp3) is 0.700. The summed E-state index contributed by atoms with van der Waals surface area (Å²) in [6.07, 6.45) is 1.93. The number of carboxylic acid groups (broad SMARTS) is 1. The van der Waals surface area contributed by atoms with Gasteiger partial charge in [0.05, 0.1) is 6.10 Å². The van der Waals surface area contributed by atoms with Gasteiger partial charge in [-0.1, -0.05) is 6.92 Å². The number of carbonyl (C=O) groups is 1. The van der Waals surface area contributed by atoms with Crippen LogP contribution in [0.4, 0.5) is 0 Å². The van der Waals surface area contributed by atoms with E-state index in [1.165, 1.54) is 0 Å². The van der Waals surface area contributed by atoms with Gasteiger partial charge in [0.15, 0.2) is 0 Å². The van der Waals surface area contributed by atoms with Crippen molar-refractivity contribution in [3.63, 3.8) is 0 Å². The minimum atomic E-state index is -0.813. The molecular formula is C10H16O3. The summed E-state index contributed by atoms with van der Waals surface area (Å²) in [7, 11) is 0. The van der Waals surface area contributed by atoms with E-state index in [9.17, 15) is 9.90 Å². The van der Waals surface area contributed by atoms with Gasteiger partial charge >= 0.3 is 5.97 Å². The maximum atomic E-state index is 10.1. The van der Waals surface area contributed by atoms with Crippen LogP contribution in [0, 0.1) is 11.8 Å². The summed E-state index contributed by atoms with van der Waals surface area (Å²) in [5, 5.41) is 17.6. The van der Waals surface area contributed by atoms with E-state index in [0.29, 0.717) is 19.3 Å². The summed E-state index contributed by atoms with van der Waals surface area (Å²) in [6.45, 7) is 1.95. The number of carboxylic acids is 1. The zero-order valence-electron chi connectivity index (χ0n) is 7.92. The van der Waals surface area contributed by atoms with Crippen molar-refractivity contribution in [2.75, 3.05) is 0 Å². The molecule has 3 heteroatoms. The smallest absolute Gasteiger partial charge is 0.303 e. The van der Waals surface area contributed by atoms with Crippen LogP contribution in [-0.2, 0) is 4.79 Å². The standard InChI is InChI=1S/C10H16O3/c1-2-3-4-6-9(11)7-5-8-10(12)13/h9,11H,2,5-8H2,1H3,(H,12,13). The first-order valence-corrected chi connectivity index (χ1v) is 4.52. The minimum absolute atomic E-state index is 0.123. The zero-order chi connectivity index (χ0) is 10.1. The van der Waals surface area contributed by atoms with Crippen LogP contribution >= 0.6 is 0 Å². The molecule has 0 aromatic carbocycles. The average molecular weight is 184 g/mol. The maximum absolute atomic E-state index is 10.1. The van der Waals surface area contributed by atoms with Crippen LogP contribution < -0.4 is 0 Å². The van der Waals surface area contributed by atoms with E-state index in [1.54, 1.807) is 0 Å². The number of hydrogen-bond donors (Lipinski definition) is 2. The van der Waals surface area contributed by atoms with Crippen LogP contribution in [0.5, 0.6) is 0 Å². The summed E-state index contributed by atoms with van der Waals surface area (Å²) in [6, 6.07) is 0. The fourth-order valence-corrected chi connectivity index (χ4v) is 0.906. The van der Waals surface area contributed by atoms with Crippen LogP contribution in [-0.4, -0.2) is 22.3 Å². The van der Waals surface area contributed by atoms with Crippen LogP contribution in [0.1, 0.15) is 39.0 Å². The number of aliphatic hydroxyl groups excluding tert-OH is 1. The van der Waals surface area contributed by atoms with Gasteiger partial charge in [0.1, 0.15) is 0 Å². The van der Waals surface area contributed by atoms with Crippen LogP contribution in [0.15, 0.2) is 0 Å². The number of rotatable bonds is 5. The topological polar surface area (TPSA) is 57.5 Å². The molecule has 1 atom stereocenters. The Morgan fingerprint density at radius 1 is 1.46 bits per heavy atom. The molecule has 0 aromatic heterocycles. The van der Waals surface area contributed by atoms with Crippen molar-refractivity contribution in [1.29, 1.82) is 0 Å². The minimum Gasteiger partial charge on any atom is -0.481 e. The molecule has 13 heavy (non-hydrogen) atoms. The molecule has 2 N–H and O–H groups in total. The van der Waals surface area contributed by atoms with Crippen molar-refractivity contribution in [3.8, 4) is 11.8 Å². The van der Waals surface area contributed by atoms with Crippen molar-refractivity contribution in [1.82, 2.24) is 0 Å². The quantitative estimate of drug-likeness (QED) is 0.635. The molecule has 0 aliphatic carbocycles. The Balaban J connectivity index is 3.40. The van der Waals surface area contributed by atoms with Gasteiger partial charge in [-0.25, -0.2) is 0 Å². The van der Waals surface area contributed by atoms with Crippen molar-refractivity contribution >= 4 is 5.97 Å². The van der Waals surface area contributed by atoms with E-state index in [1.807, 2.05) is 6.92 Å². The second-order valence-corrected chi connectivity index (χ2v) is 2.85. The Bertz CT molecular complexity index is 200. The molecule has 0 saturated heterocycles. The van der Waals surface area contributed by atoms with E-state index in [4.69, 9.17) is 5.11 Å². The summed E-state index contributed by atoms with van der Waals surface area (Å²) >= 11 is 0. The first kappa shape index (κ1) is 12.0.